The summed E-state index contributed by atoms with van der Waals surface area (Å²) in [6.07, 6.45) is 8.48. The number of benzene rings is 2. The van der Waals surface area contributed by atoms with E-state index in [0.29, 0.717) is 29.5 Å². The number of amides is 1. The monoisotopic (exact) mass is 608 g/mol. The minimum atomic E-state index is -1.19. The zero-order valence-electron chi connectivity index (χ0n) is 25.4. The molecule has 0 unspecified atom stereocenters. The number of rotatable bonds is 7. The Morgan fingerprint density at radius 3 is 2.20 bits per heavy atom. The third-order valence-corrected chi connectivity index (χ3v) is 10.2. The minimum absolute atomic E-state index is 0.209. The number of nitrogens with zero attached hydrogens (tertiary/aromatic N) is 2. The van der Waals surface area contributed by atoms with Crippen LogP contribution >= 0.6 is 0 Å². The number of hydrogen-bond acceptors (Lipinski definition) is 4. The smallest absolute Gasteiger partial charge is 0.328 e. The molecule has 1 aromatic heterocycles. The van der Waals surface area contributed by atoms with E-state index in [4.69, 9.17) is 9.47 Å². The summed E-state index contributed by atoms with van der Waals surface area (Å²) in [6.45, 7) is 4.03. The van der Waals surface area contributed by atoms with E-state index in [0.717, 1.165) is 74.8 Å². The number of hydrogen-bond donors (Lipinski definition) is 1. The molecule has 3 aliphatic rings. The molecule has 9 heteroatoms. The van der Waals surface area contributed by atoms with E-state index in [1.807, 2.05) is 6.92 Å². The molecule has 0 radical (unpaired) electrons. The largest absolute Gasteiger partial charge is 0.481 e. The minimum Gasteiger partial charge on any atom is -0.481 e. The van der Waals surface area contributed by atoms with Gasteiger partial charge in [-0.1, -0.05) is 19.1 Å². The maximum Gasteiger partial charge on any atom is 0.328 e. The van der Waals surface area contributed by atoms with Crippen molar-refractivity contribution in [2.24, 2.45) is 5.92 Å². The zero-order chi connectivity index (χ0) is 30.8. The van der Waals surface area contributed by atoms with Crippen molar-refractivity contribution in [3.63, 3.8) is 0 Å². The highest BCUT2D eigenvalue weighted by atomic mass is 19.1. The molecular formula is C35H42F2N2O5. The highest BCUT2D eigenvalue weighted by molar-refractivity contribution is 5.95. The van der Waals surface area contributed by atoms with Gasteiger partial charge in [-0.25, -0.2) is 13.6 Å². The molecule has 3 fully saturated rings. The number of piperidine rings is 1. The molecule has 236 valence electrons. The Bertz CT molecular complexity index is 1480. The SMILES string of the molecule is CCc1c(CC2CCC(OC3CCOCC3)CC2)c2ccc(F)cc2n1C(=O)N1CCC(C(=O)O)(c2ccc(F)cc2)CC1. The summed E-state index contributed by atoms with van der Waals surface area (Å²) >= 11 is 0. The summed E-state index contributed by atoms with van der Waals surface area (Å²) in [5.41, 5.74) is 1.91. The van der Waals surface area contributed by atoms with Gasteiger partial charge in [0.25, 0.3) is 0 Å². The highest BCUT2D eigenvalue weighted by Gasteiger charge is 2.44. The molecule has 1 amide bonds. The van der Waals surface area contributed by atoms with Crippen LogP contribution in [0.1, 0.15) is 75.1 Å². The van der Waals surface area contributed by atoms with Gasteiger partial charge in [0.15, 0.2) is 0 Å². The molecule has 0 bridgehead atoms. The van der Waals surface area contributed by atoms with Gasteiger partial charge in [0.05, 0.1) is 23.1 Å². The third kappa shape index (κ3) is 6.01. The van der Waals surface area contributed by atoms with Crippen molar-refractivity contribution in [3.05, 3.63) is 70.9 Å². The molecule has 1 N–H and O–H groups in total. The van der Waals surface area contributed by atoms with Gasteiger partial charge < -0.3 is 19.5 Å². The topological polar surface area (TPSA) is 81.0 Å². The molecule has 1 aliphatic carbocycles. The van der Waals surface area contributed by atoms with Crippen LogP contribution in [0.25, 0.3) is 10.9 Å². The molecule has 2 saturated heterocycles. The Balaban J connectivity index is 1.21. The fourth-order valence-corrected chi connectivity index (χ4v) is 7.66. The standard InChI is InChI=1S/C35H42F2N2O5/c1-2-31-30(21-23-3-10-27(11-4-23)44-28-13-19-43-20-14-28)29-12-9-26(37)22-32(29)39(31)34(42)38-17-15-35(16-18-38,33(40)41)24-5-7-25(36)8-6-24/h5-9,12,22-23,27-28H,2-4,10-11,13-21H2,1H3,(H,40,41). The molecule has 6 rings (SSSR count). The zero-order valence-corrected chi connectivity index (χ0v) is 25.4. The number of halogens is 2. The summed E-state index contributed by atoms with van der Waals surface area (Å²) < 4.78 is 41.7. The van der Waals surface area contributed by atoms with Gasteiger partial charge in [-0.05, 0) is 112 Å². The second-order valence-electron chi connectivity index (χ2n) is 12.7. The Morgan fingerprint density at radius 1 is 0.932 bits per heavy atom. The fraction of sp³-hybridized carbons (Fsp3) is 0.543. The first kappa shape index (κ1) is 30.7. The number of ether oxygens (including phenoxy) is 2. The number of likely N-dealkylation sites (tertiary alicyclic amines) is 1. The number of aromatic nitrogens is 1. The number of carbonyl (C=O) groups excluding carboxylic acids is 1. The Kier molecular flexibility index (Phi) is 9.06. The summed E-state index contributed by atoms with van der Waals surface area (Å²) in [4.78, 5) is 28.3. The maximum absolute atomic E-state index is 14.6. The van der Waals surface area contributed by atoms with Gasteiger partial charge in [-0.15, -0.1) is 0 Å². The number of aliphatic carboxylic acids is 1. The molecule has 0 atom stereocenters. The van der Waals surface area contributed by atoms with Crippen molar-refractivity contribution in [1.29, 1.82) is 0 Å². The van der Waals surface area contributed by atoms with Gasteiger partial charge in [-0.2, -0.15) is 0 Å². The molecule has 0 spiro atoms. The van der Waals surface area contributed by atoms with Crippen LogP contribution in [0.15, 0.2) is 42.5 Å². The lowest BCUT2D eigenvalue weighted by Gasteiger charge is -2.39. The average Bonchev–Trinajstić information content (AvgIpc) is 3.34. The van der Waals surface area contributed by atoms with E-state index in [9.17, 15) is 23.5 Å². The van der Waals surface area contributed by atoms with Crippen LogP contribution in [0.2, 0.25) is 0 Å². The molecule has 7 nitrogen and oxygen atoms in total. The average molecular weight is 609 g/mol. The molecule has 3 heterocycles. The quantitative estimate of drug-likeness (QED) is 0.317. The number of carboxylic acid groups (broad SMARTS) is 1. The predicted molar refractivity (Wildman–Crippen MR) is 163 cm³/mol. The summed E-state index contributed by atoms with van der Waals surface area (Å²) in [5, 5.41) is 11.1. The molecular weight excluding hydrogens is 566 g/mol. The van der Waals surface area contributed by atoms with Crippen LogP contribution in [-0.2, 0) is 32.5 Å². The van der Waals surface area contributed by atoms with E-state index in [2.05, 4.69) is 0 Å². The molecule has 3 aromatic rings. The second-order valence-corrected chi connectivity index (χ2v) is 12.7. The highest BCUT2D eigenvalue weighted by Crippen LogP contribution is 2.39. The Morgan fingerprint density at radius 2 is 1.57 bits per heavy atom. The van der Waals surface area contributed by atoms with Gasteiger partial charge >= 0.3 is 12.0 Å². The van der Waals surface area contributed by atoms with Gasteiger partial charge in [0.2, 0.25) is 0 Å². The number of carbonyl (C=O) groups is 2. The van der Waals surface area contributed by atoms with Gasteiger partial charge in [0, 0.05) is 37.4 Å². The molecule has 44 heavy (non-hydrogen) atoms. The second kappa shape index (κ2) is 13.0. The van der Waals surface area contributed by atoms with Crippen LogP contribution in [-0.4, -0.2) is 65.1 Å². The summed E-state index contributed by atoms with van der Waals surface area (Å²) in [6, 6.07) is 10.0. The van der Waals surface area contributed by atoms with Crippen molar-refractivity contribution in [1.82, 2.24) is 9.47 Å². The van der Waals surface area contributed by atoms with Crippen LogP contribution < -0.4 is 0 Å². The maximum atomic E-state index is 14.6. The first-order valence-electron chi connectivity index (χ1n) is 16.1. The lowest BCUT2D eigenvalue weighted by atomic mass is 9.73. The first-order valence-corrected chi connectivity index (χ1v) is 16.1. The van der Waals surface area contributed by atoms with Gasteiger partial charge in [-0.3, -0.25) is 9.36 Å². The van der Waals surface area contributed by atoms with E-state index >= 15 is 0 Å². The predicted octanol–water partition coefficient (Wildman–Crippen LogP) is 6.87. The lowest BCUT2D eigenvalue weighted by Crippen LogP contribution is -2.50. The van der Waals surface area contributed by atoms with Crippen molar-refractivity contribution in [3.8, 4) is 0 Å². The number of carboxylic acids is 1. The van der Waals surface area contributed by atoms with Crippen molar-refractivity contribution >= 4 is 22.9 Å². The Labute approximate surface area is 257 Å². The van der Waals surface area contributed by atoms with E-state index in [1.54, 1.807) is 15.5 Å². The van der Waals surface area contributed by atoms with Crippen LogP contribution in [0.4, 0.5) is 13.6 Å². The molecule has 2 aromatic carbocycles. The van der Waals surface area contributed by atoms with Crippen molar-refractivity contribution in [2.45, 2.75) is 88.8 Å². The summed E-state index contributed by atoms with van der Waals surface area (Å²) in [5.74, 6) is -1.35. The summed E-state index contributed by atoms with van der Waals surface area (Å²) in [7, 11) is 0. The molecule has 2 aliphatic heterocycles. The normalized spacial score (nSPS) is 22.8. The van der Waals surface area contributed by atoms with Crippen molar-refractivity contribution < 1.29 is 33.0 Å². The number of fused-ring (bicyclic) bond motifs is 1. The van der Waals surface area contributed by atoms with Crippen LogP contribution in [0, 0.1) is 17.6 Å². The third-order valence-electron chi connectivity index (χ3n) is 10.2. The van der Waals surface area contributed by atoms with Crippen molar-refractivity contribution in [2.75, 3.05) is 26.3 Å². The van der Waals surface area contributed by atoms with Crippen LogP contribution in [0.5, 0.6) is 0 Å². The molecule has 1 saturated carbocycles. The van der Waals surface area contributed by atoms with E-state index in [1.165, 1.54) is 36.4 Å². The van der Waals surface area contributed by atoms with E-state index in [-0.39, 0.29) is 38.1 Å². The Hall–Kier alpha value is -3.30. The lowest BCUT2D eigenvalue weighted by molar-refractivity contribution is -0.145. The fourth-order valence-electron chi connectivity index (χ4n) is 7.66. The van der Waals surface area contributed by atoms with Crippen LogP contribution in [0.3, 0.4) is 0 Å². The van der Waals surface area contributed by atoms with Gasteiger partial charge in [0.1, 0.15) is 11.6 Å². The van der Waals surface area contributed by atoms with E-state index < -0.39 is 23.0 Å². The first-order chi connectivity index (χ1) is 21.3.